The number of rotatable bonds is 4. The highest BCUT2D eigenvalue weighted by molar-refractivity contribution is 4.77. The van der Waals surface area contributed by atoms with Gasteiger partial charge in [-0.2, -0.15) is 0 Å². The van der Waals surface area contributed by atoms with E-state index in [0.717, 1.165) is 6.54 Å². The molecule has 0 amide bonds. The van der Waals surface area contributed by atoms with Gasteiger partial charge < -0.3 is 10.6 Å². The Morgan fingerprint density at radius 2 is 2.13 bits per heavy atom. The maximum absolute atomic E-state index is 5.78. The smallest absolute Gasteiger partial charge is 0.0194 e. The van der Waals surface area contributed by atoms with Crippen molar-refractivity contribution >= 4 is 0 Å². The number of hydrogen-bond acceptors (Lipinski definition) is 3. The highest BCUT2D eigenvalue weighted by Crippen LogP contribution is 2.12. The third-order valence-electron chi connectivity index (χ3n) is 3.59. The van der Waals surface area contributed by atoms with Crippen LogP contribution in [0.25, 0.3) is 0 Å². The predicted molar refractivity (Wildman–Crippen MR) is 66.0 cm³/mol. The van der Waals surface area contributed by atoms with E-state index in [0.29, 0.717) is 12.0 Å². The molecule has 0 radical (unpaired) electrons. The lowest BCUT2D eigenvalue weighted by Crippen LogP contribution is -2.41. The molecule has 1 aliphatic heterocycles. The standard InChI is InChI=1S/C12H27N3/c1-4-12(8-13)10-15-7-5-6-14(3)9-11(15)2/h11-12H,4-10,13H2,1-3H3. The second-order valence-corrected chi connectivity index (χ2v) is 4.97. The van der Waals surface area contributed by atoms with Gasteiger partial charge in [0.25, 0.3) is 0 Å². The van der Waals surface area contributed by atoms with Gasteiger partial charge in [0.05, 0.1) is 0 Å². The monoisotopic (exact) mass is 213 g/mol. The van der Waals surface area contributed by atoms with Gasteiger partial charge >= 0.3 is 0 Å². The van der Waals surface area contributed by atoms with E-state index in [2.05, 4.69) is 30.7 Å². The van der Waals surface area contributed by atoms with Crippen LogP contribution in [-0.4, -0.2) is 55.6 Å². The van der Waals surface area contributed by atoms with Crippen molar-refractivity contribution in [2.45, 2.75) is 32.7 Å². The molecule has 3 heteroatoms. The molecule has 3 nitrogen and oxygen atoms in total. The van der Waals surface area contributed by atoms with Gasteiger partial charge in [-0.05, 0) is 45.9 Å². The predicted octanol–water partition coefficient (Wildman–Crippen LogP) is 0.997. The fourth-order valence-electron chi connectivity index (χ4n) is 2.40. The molecular formula is C12H27N3. The van der Waals surface area contributed by atoms with Crippen molar-refractivity contribution in [2.24, 2.45) is 11.7 Å². The highest BCUT2D eigenvalue weighted by atomic mass is 15.2. The third-order valence-corrected chi connectivity index (χ3v) is 3.59. The Kier molecular flexibility index (Phi) is 5.58. The summed E-state index contributed by atoms with van der Waals surface area (Å²) < 4.78 is 0. The zero-order valence-corrected chi connectivity index (χ0v) is 10.6. The topological polar surface area (TPSA) is 32.5 Å². The minimum absolute atomic E-state index is 0.677. The Bertz CT molecular complexity index is 168. The first-order chi connectivity index (χ1) is 7.17. The summed E-state index contributed by atoms with van der Waals surface area (Å²) in [4.78, 5) is 5.05. The Balaban J connectivity index is 2.44. The van der Waals surface area contributed by atoms with Crippen LogP contribution < -0.4 is 5.73 Å². The van der Waals surface area contributed by atoms with Gasteiger partial charge in [0.1, 0.15) is 0 Å². The SMILES string of the molecule is CCC(CN)CN1CCCN(C)CC1C. The molecule has 0 spiro atoms. The second-order valence-electron chi connectivity index (χ2n) is 4.97. The number of nitrogens with two attached hydrogens (primary N) is 1. The summed E-state index contributed by atoms with van der Waals surface area (Å²) in [5, 5.41) is 0. The summed E-state index contributed by atoms with van der Waals surface area (Å²) in [5.41, 5.74) is 5.78. The molecular weight excluding hydrogens is 186 g/mol. The fraction of sp³-hybridized carbons (Fsp3) is 1.00. The quantitative estimate of drug-likeness (QED) is 0.756. The van der Waals surface area contributed by atoms with Gasteiger partial charge in [-0.3, -0.25) is 4.90 Å². The van der Waals surface area contributed by atoms with Crippen LogP contribution in [0.3, 0.4) is 0 Å². The Hall–Kier alpha value is -0.120. The van der Waals surface area contributed by atoms with E-state index in [4.69, 9.17) is 5.73 Å². The molecule has 1 aliphatic rings. The minimum atomic E-state index is 0.677. The van der Waals surface area contributed by atoms with Gasteiger partial charge in [-0.25, -0.2) is 0 Å². The number of nitrogens with zero attached hydrogens (tertiary/aromatic N) is 2. The molecule has 1 fully saturated rings. The normalized spacial score (nSPS) is 27.6. The minimum Gasteiger partial charge on any atom is -0.330 e. The lowest BCUT2D eigenvalue weighted by molar-refractivity contribution is 0.173. The van der Waals surface area contributed by atoms with E-state index < -0.39 is 0 Å². The average Bonchev–Trinajstić information content (AvgIpc) is 2.36. The fourth-order valence-corrected chi connectivity index (χ4v) is 2.40. The number of likely N-dealkylation sites (N-methyl/N-ethyl adjacent to an activating group) is 1. The van der Waals surface area contributed by atoms with Crippen LogP contribution in [0.4, 0.5) is 0 Å². The zero-order valence-electron chi connectivity index (χ0n) is 10.6. The molecule has 2 unspecified atom stereocenters. The van der Waals surface area contributed by atoms with E-state index in [-0.39, 0.29) is 0 Å². The summed E-state index contributed by atoms with van der Waals surface area (Å²) in [6.07, 6.45) is 2.50. The van der Waals surface area contributed by atoms with Crippen LogP contribution in [0.5, 0.6) is 0 Å². The van der Waals surface area contributed by atoms with Crippen molar-refractivity contribution < 1.29 is 0 Å². The van der Waals surface area contributed by atoms with Crippen molar-refractivity contribution in [3.05, 3.63) is 0 Å². The molecule has 0 aromatic rings. The Morgan fingerprint density at radius 3 is 2.73 bits per heavy atom. The molecule has 1 heterocycles. The zero-order chi connectivity index (χ0) is 11.3. The van der Waals surface area contributed by atoms with E-state index in [9.17, 15) is 0 Å². The second kappa shape index (κ2) is 6.46. The molecule has 2 atom stereocenters. The first-order valence-corrected chi connectivity index (χ1v) is 6.30. The molecule has 0 aromatic heterocycles. The van der Waals surface area contributed by atoms with E-state index in [1.807, 2.05) is 0 Å². The first-order valence-electron chi connectivity index (χ1n) is 6.30. The summed E-state index contributed by atoms with van der Waals surface area (Å²) in [6, 6.07) is 0.679. The van der Waals surface area contributed by atoms with Gasteiger partial charge in [0.2, 0.25) is 0 Å². The number of hydrogen-bond donors (Lipinski definition) is 1. The van der Waals surface area contributed by atoms with Gasteiger partial charge in [-0.1, -0.05) is 13.3 Å². The lowest BCUT2D eigenvalue weighted by Gasteiger charge is -2.30. The van der Waals surface area contributed by atoms with Crippen LogP contribution in [0.15, 0.2) is 0 Å². The highest BCUT2D eigenvalue weighted by Gasteiger charge is 2.21. The molecule has 1 rings (SSSR count). The van der Waals surface area contributed by atoms with Crippen LogP contribution >= 0.6 is 0 Å². The van der Waals surface area contributed by atoms with Crippen molar-refractivity contribution in [3.63, 3.8) is 0 Å². The largest absolute Gasteiger partial charge is 0.330 e. The van der Waals surface area contributed by atoms with Crippen molar-refractivity contribution in [1.82, 2.24) is 9.80 Å². The average molecular weight is 213 g/mol. The molecule has 15 heavy (non-hydrogen) atoms. The van der Waals surface area contributed by atoms with E-state index in [1.54, 1.807) is 0 Å². The van der Waals surface area contributed by atoms with Gasteiger partial charge in [0, 0.05) is 19.1 Å². The molecule has 0 bridgehead atoms. The molecule has 0 saturated carbocycles. The third kappa shape index (κ3) is 4.09. The van der Waals surface area contributed by atoms with Crippen LogP contribution in [-0.2, 0) is 0 Å². The van der Waals surface area contributed by atoms with Crippen molar-refractivity contribution in [3.8, 4) is 0 Å². The maximum Gasteiger partial charge on any atom is 0.0194 e. The summed E-state index contributed by atoms with van der Waals surface area (Å²) in [5.74, 6) is 0.677. The molecule has 2 N–H and O–H groups in total. The van der Waals surface area contributed by atoms with Crippen molar-refractivity contribution in [2.75, 3.05) is 39.8 Å². The van der Waals surface area contributed by atoms with Crippen LogP contribution in [0.1, 0.15) is 26.7 Å². The van der Waals surface area contributed by atoms with E-state index >= 15 is 0 Å². The first kappa shape index (κ1) is 12.9. The van der Waals surface area contributed by atoms with Gasteiger partial charge in [-0.15, -0.1) is 0 Å². The van der Waals surface area contributed by atoms with Gasteiger partial charge in [0.15, 0.2) is 0 Å². The van der Waals surface area contributed by atoms with Crippen LogP contribution in [0.2, 0.25) is 0 Å². The molecule has 90 valence electrons. The molecule has 0 aliphatic carbocycles. The summed E-state index contributed by atoms with van der Waals surface area (Å²) in [6.45, 7) is 10.3. The summed E-state index contributed by atoms with van der Waals surface area (Å²) in [7, 11) is 2.22. The van der Waals surface area contributed by atoms with Crippen LogP contribution in [0, 0.1) is 5.92 Å². The Morgan fingerprint density at radius 1 is 1.40 bits per heavy atom. The lowest BCUT2D eigenvalue weighted by atomic mass is 10.1. The maximum atomic E-state index is 5.78. The molecule has 0 aromatic carbocycles. The summed E-state index contributed by atoms with van der Waals surface area (Å²) >= 11 is 0. The van der Waals surface area contributed by atoms with Crippen molar-refractivity contribution in [1.29, 1.82) is 0 Å². The Labute approximate surface area is 94.6 Å². The molecule has 1 saturated heterocycles. The van der Waals surface area contributed by atoms with E-state index in [1.165, 1.54) is 39.0 Å².